The Morgan fingerprint density at radius 1 is 1.23 bits per heavy atom. The van der Waals surface area contributed by atoms with E-state index in [0.717, 1.165) is 47.9 Å². The smallest absolute Gasteiger partial charge is 0.169 e. The fourth-order valence-electron chi connectivity index (χ4n) is 7.45. The second-order valence-corrected chi connectivity index (χ2v) is 9.66. The Hall–Kier alpha value is -0.150. The van der Waals surface area contributed by atoms with Gasteiger partial charge in [0.1, 0.15) is 0 Å². The number of carbonyl (C=O) groups is 1. The van der Waals surface area contributed by atoms with Crippen LogP contribution in [-0.2, 0) is 4.79 Å². The number of hydrogen-bond acceptors (Lipinski definition) is 2. The Morgan fingerprint density at radius 2 is 2.05 bits per heavy atom. The molecule has 0 aromatic rings. The van der Waals surface area contributed by atoms with E-state index in [9.17, 15) is 9.90 Å². The van der Waals surface area contributed by atoms with Gasteiger partial charge in [-0.1, -0.05) is 6.92 Å². The summed E-state index contributed by atoms with van der Waals surface area (Å²) in [6, 6.07) is 0. The molecule has 0 radical (unpaired) electrons. The van der Waals surface area contributed by atoms with Crippen LogP contribution in [0.3, 0.4) is 0 Å². The van der Waals surface area contributed by atoms with Crippen LogP contribution >= 0.6 is 15.9 Å². The van der Waals surface area contributed by atoms with E-state index < -0.39 is 0 Å². The zero-order valence-corrected chi connectivity index (χ0v) is 14.9. The van der Waals surface area contributed by atoms with E-state index in [-0.39, 0.29) is 11.5 Å². The Labute approximate surface area is 140 Å². The van der Waals surface area contributed by atoms with Crippen LogP contribution in [0.15, 0.2) is 10.1 Å². The highest BCUT2D eigenvalue weighted by Gasteiger charge is 2.76. The lowest BCUT2D eigenvalue weighted by atomic mass is 9.49. The largest absolute Gasteiger partial charge is 0.393 e. The van der Waals surface area contributed by atoms with E-state index in [0.29, 0.717) is 17.1 Å². The van der Waals surface area contributed by atoms with Crippen molar-refractivity contribution in [3.63, 3.8) is 0 Å². The number of aliphatic hydroxyl groups is 1. The zero-order chi connectivity index (χ0) is 15.3. The molecule has 4 saturated carbocycles. The van der Waals surface area contributed by atoms with E-state index in [4.69, 9.17) is 0 Å². The molecule has 0 bridgehead atoms. The predicted molar refractivity (Wildman–Crippen MR) is 88.4 cm³/mol. The number of allylic oxidation sites excluding steroid dienone is 1. The lowest BCUT2D eigenvalue weighted by Gasteiger charge is -2.55. The Morgan fingerprint density at radius 3 is 2.86 bits per heavy atom. The van der Waals surface area contributed by atoms with Crippen LogP contribution in [0.5, 0.6) is 0 Å². The van der Waals surface area contributed by atoms with Crippen LogP contribution in [0.4, 0.5) is 0 Å². The highest BCUT2D eigenvalue weighted by molar-refractivity contribution is 9.12. The van der Waals surface area contributed by atoms with Crippen molar-refractivity contribution in [3.8, 4) is 0 Å². The molecule has 0 heterocycles. The zero-order valence-electron chi connectivity index (χ0n) is 13.3. The molecule has 120 valence electrons. The van der Waals surface area contributed by atoms with Gasteiger partial charge in [0.2, 0.25) is 0 Å². The number of aliphatic hydroxyl groups excluding tert-OH is 1. The van der Waals surface area contributed by atoms with Crippen LogP contribution in [-0.4, -0.2) is 17.0 Å². The van der Waals surface area contributed by atoms with Crippen LogP contribution in [0, 0.1) is 34.5 Å². The average molecular weight is 365 g/mol. The standard InChI is InChI=1S/C19H25BrO2/c1-18-7-6-12-11-3-5-15(21)17(20)13(11)2-4-14(12)19(18)9-10(19)8-16(18)22/h10-12,14,16,22H,2-9H2,1H3/t10-,11+,12+,14+,16+,18+,19+/m0/s1. The summed E-state index contributed by atoms with van der Waals surface area (Å²) < 4.78 is 0.923. The maximum Gasteiger partial charge on any atom is 0.169 e. The van der Waals surface area contributed by atoms with Crippen LogP contribution in [0.25, 0.3) is 0 Å². The summed E-state index contributed by atoms with van der Waals surface area (Å²) >= 11 is 3.60. The van der Waals surface area contributed by atoms with Crippen molar-refractivity contribution in [1.29, 1.82) is 0 Å². The number of rotatable bonds is 0. The molecule has 4 fully saturated rings. The molecule has 0 amide bonds. The van der Waals surface area contributed by atoms with E-state index in [1.807, 2.05) is 0 Å². The van der Waals surface area contributed by atoms with Crippen LogP contribution < -0.4 is 0 Å². The summed E-state index contributed by atoms with van der Waals surface area (Å²) in [6.45, 7) is 2.38. The number of carbonyl (C=O) groups excluding carboxylic acids is 1. The number of ketones is 1. The van der Waals surface area contributed by atoms with Crippen molar-refractivity contribution in [2.24, 2.45) is 34.5 Å². The van der Waals surface area contributed by atoms with Gasteiger partial charge in [0.25, 0.3) is 0 Å². The molecule has 2 nitrogen and oxygen atoms in total. The molecule has 7 atom stereocenters. The lowest BCUT2D eigenvalue weighted by Crippen LogP contribution is -2.50. The van der Waals surface area contributed by atoms with E-state index in [1.165, 1.54) is 31.3 Å². The average Bonchev–Trinajstić information content (AvgIpc) is 3.16. The van der Waals surface area contributed by atoms with Crippen molar-refractivity contribution < 1.29 is 9.90 Å². The second kappa shape index (κ2) is 4.27. The van der Waals surface area contributed by atoms with Gasteiger partial charge in [-0.3, -0.25) is 4.79 Å². The first-order valence-corrected chi connectivity index (χ1v) is 9.88. The minimum Gasteiger partial charge on any atom is -0.393 e. The Bertz CT molecular complexity index is 596. The highest BCUT2D eigenvalue weighted by Crippen LogP contribution is 2.81. The molecular formula is C19H25BrO2. The summed E-state index contributed by atoms with van der Waals surface area (Å²) in [5.74, 6) is 3.33. The molecule has 5 aliphatic carbocycles. The number of hydrogen-bond donors (Lipinski definition) is 1. The third kappa shape index (κ3) is 1.45. The van der Waals surface area contributed by atoms with Crippen molar-refractivity contribution in [1.82, 2.24) is 0 Å². The van der Waals surface area contributed by atoms with Gasteiger partial charge in [0.05, 0.1) is 10.6 Å². The van der Waals surface area contributed by atoms with E-state index in [1.54, 1.807) is 0 Å². The summed E-state index contributed by atoms with van der Waals surface area (Å²) in [6.07, 6.45) is 8.97. The fraction of sp³-hybridized carbons (Fsp3) is 0.842. The predicted octanol–water partition coefficient (Wildman–Crippen LogP) is 4.21. The molecule has 0 aromatic heterocycles. The molecular weight excluding hydrogens is 340 g/mol. The van der Waals surface area contributed by atoms with Gasteiger partial charge in [0, 0.05) is 6.42 Å². The van der Waals surface area contributed by atoms with Gasteiger partial charge in [-0.2, -0.15) is 0 Å². The molecule has 0 aromatic carbocycles. The minimum absolute atomic E-state index is 0.0659. The molecule has 5 rings (SSSR count). The van der Waals surface area contributed by atoms with E-state index in [2.05, 4.69) is 22.9 Å². The second-order valence-electron chi connectivity index (χ2n) is 8.87. The van der Waals surface area contributed by atoms with Gasteiger partial charge in [-0.15, -0.1) is 0 Å². The third-order valence-electron chi connectivity index (χ3n) is 8.53. The summed E-state index contributed by atoms with van der Waals surface area (Å²) in [5, 5.41) is 10.6. The molecule has 3 heteroatoms. The van der Waals surface area contributed by atoms with Gasteiger partial charge in [0.15, 0.2) is 5.78 Å². The molecule has 0 unspecified atom stereocenters. The molecule has 1 N–H and O–H groups in total. The monoisotopic (exact) mass is 364 g/mol. The summed E-state index contributed by atoms with van der Waals surface area (Å²) in [5.41, 5.74) is 2.07. The van der Waals surface area contributed by atoms with Crippen LogP contribution in [0.1, 0.15) is 58.3 Å². The number of halogens is 1. The maximum absolute atomic E-state index is 12.0. The van der Waals surface area contributed by atoms with Crippen molar-refractivity contribution >= 4 is 21.7 Å². The van der Waals surface area contributed by atoms with Gasteiger partial charge in [-0.05, 0) is 101 Å². The molecule has 22 heavy (non-hydrogen) atoms. The first-order valence-electron chi connectivity index (χ1n) is 9.09. The number of Topliss-reactive ketones (excluding diaryl/α,β-unsaturated/α-hetero) is 1. The van der Waals surface area contributed by atoms with Gasteiger partial charge in [-0.25, -0.2) is 0 Å². The minimum atomic E-state index is -0.0659. The molecule has 1 spiro atoms. The molecule has 0 saturated heterocycles. The Balaban J connectivity index is 1.54. The highest BCUT2D eigenvalue weighted by atomic mass is 79.9. The van der Waals surface area contributed by atoms with Crippen molar-refractivity contribution in [2.75, 3.05) is 0 Å². The quantitative estimate of drug-likeness (QED) is 0.698. The first kappa shape index (κ1) is 14.2. The van der Waals surface area contributed by atoms with E-state index >= 15 is 0 Å². The fourth-order valence-corrected chi connectivity index (χ4v) is 8.14. The normalized spacial score (nSPS) is 56.1. The van der Waals surface area contributed by atoms with Crippen molar-refractivity contribution in [3.05, 3.63) is 10.1 Å². The first-order chi connectivity index (χ1) is 10.5. The molecule has 5 aliphatic rings. The topological polar surface area (TPSA) is 37.3 Å². The third-order valence-corrected chi connectivity index (χ3v) is 9.48. The maximum atomic E-state index is 12.0. The van der Waals surface area contributed by atoms with Gasteiger partial charge >= 0.3 is 0 Å². The number of fused-ring (bicyclic) bond motifs is 3. The van der Waals surface area contributed by atoms with Crippen LogP contribution in [0.2, 0.25) is 0 Å². The summed E-state index contributed by atoms with van der Waals surface area (Å²) in [7, 11) is 0. The van der Waals surface area contributed by atoms with Crippen molar-refractivity contribution in [2.45, 2.75) is 64.4 Å². The lowest BCUT2D eigenvalue weighted by molar-refractivity contribution is -0.117. The SMILES string of the molecule is C[C@]12CC[C@H]3[C@@H](CCC4=C(Br)C(=O)CC[C@@H]43)[C@]13C[C@@H]3C[C@H]2O. The van der Waals surface area contributed by atoms with Gasteiger partial charge < -0.3 is 5.11 Å². The Kier molecular flexibility index (Phi) is 2.76. The summed E-state index contributed by atoms with van der Waals surface area (Å²) in [4.78, 5) is 12.0. The molecule has 0 aliphatic heterocycles.